The van der Waals surface area contributed by atoms with Crippen molar-refractivity contribution in [2.75, 3.05) is 19.8 Å². The minimum absolute atomic E-state index is 0.0231. The third-order valence-corrected chi connectivity index (χ3v) is 3.06. The van der Waals surface area contributed by atoms with Gasteiger partial charge in [0.2, 0.25) is 0 Å². The molecule has 0 radical (unpaired) electrons. The van der Waals surface area contributed by atoms with Gasteiger partial charge in [-0.1, -0.05) is 6.92 Å². The highest BCUT2D eigenvalue weighted by molar-refractivity contribution is 5.97. The van der Waals surface area contributed by atoms with Crippen LogP contribution < -0.4 is 14.8 Å². The molecular formula is C12H13NO3. The Labute approximate surface area is 93.5 Å². The predicted octanol–water partition coefficient (Wildman–Crippen LogP) is 1.30. The van der Waals surface area contributed by atoms with Crippen LogP contribution in [0.5, 0.6) is 11.5 Å². The smallest absolute Gasteiger partial charge is 0.251 e. The number of hydrogen-bond donors (Lipinski definition) is 1. The van der Waals surface area contributed by atoms with Crippen LogP contribution in [0.3, 0.4) is 0 Å². The molecule has 2 aliphatic heterocycles. The molecule has 16 heavy (non-hydrogen) atoms. The van der Waals surface area contributed by atoms with Crippen molar-refractivity contribution in [3.63, 3.8) is 0 Å². The standard InChI is InChI=1S/C12H13NO3/c1-7-6-13-12(14)9-5-11-10(4-8(7)9)15-2-3-16-11/h4-5,7H,2-3,6H2,1H3,(H,13,14). The molecule has 0 bridgehead atoms. The molecule has 3 rings (SSSR count). The maximum Gasteiger partial charge on any atom is 0.251 e. The number of rotatable bonds is 0. The van der Waals surface area contributed by atoms with E-state index in [1.54, 1.807) is 6.07 Å². The van der Waals surface area contributed by atoms with Crippen molar-refractivity contribution in [2.24, 2.45) is 0 Å². The highest BCUT2D eigenvalue weighted by Gasteiger charge is 2.26. The highest BCUT2D eigenvalue weighted by Crippen LogP contribution is 2.36. The molecule has 84 valence electrons. The van der Waals surface area contributed by atoms with Gasteiger partial charge in [-0.3, -0.25) is 4.79 Å². The fraction of sp³-hybridized carbons (Fsp3) is 0.417. The number of carbonyl (C=O) groups excluding carboxylic acids is 1. The Morgan fingerprint density at radius 2 is 1.94 bits per heavy atom. The first-order valence-electron chi connectivity index (χ1n) is 5.47. The molecule has 0 aromatic heterocycles. The van der Waals surface area contributed by atoms with Crippen LogP contribution in [0.4, 0.5) is 0 Å². The Hall–Kier alpha value is -1.71. The van der Waals surface area contributed by atoms with Crippen molar-refractivity contribution in [3.05, 3.63) is 23.3 Å². The van der Waals surface area contributed by atoms with Gasteiger partial charge in [-0.25, -0.2) is 0 Å². The van der Waals surface area contributed by atoms with E-state index in [0.717, 1.165) is 11.3 Å². The number of amides is 1. The number of fused-ring (bicyclic) bond motifs is 2. The van der Waals surface area contributed by atoms with Crippen molar-refractivity contribution < 1.29 is 14.3 Å². The van der Waals surface area contributed by atoms with Gasteiger partial charge in [0.15, 0.2) is 11.5 Å². The molecule has 1 atom stereocenters. The monoisotopic (exact) mass is 219 g/mol. The zero-order chi connectivity index (χ0) is 11.1. The lowest BCUT2D eigenvalue weighted by molar-refractivity contribution is 0.0939. The maximum absolute atomic E-state index is 11.7. The van der Waals surface area contributed by atoms with E-state index in [2.05, 4.69) is 12.2 Å². The first-order chi connectivity index (χ1) is 7.75. The molecule has 1 aromatic carbocycles. The van der Waals surface area contributed by atoms with Gasteiger partial charge < -0.3 is 14.8 Å². The summed E-state index contributed by atoms with van der Waals surface area (Å²) in [6.07, 6.45) is 0. The van der Waals surface area contributed by atoms with Crippen molar-refractivity contribution in [1.82, 2.24) is 5.32 Å². The minimum Gasteiger partial charge on any atom is -0.486 e. The molecule has 1 N–H and O–H groups in total. The van der Waals surface area contributed by atoms with Gasteiger partial charge in [0.25, 0.3) is 5.91 Å². The molecule has 4 nitrogen and oxygen atoms in total. The number of hydrogen-bond acceptors (Lipinski definition) is 3. The molecule has 0 spiro atoms. The van der Waals surface area contributed by atoms with Crippen LogP contribution >= 0.6 is 0 Å². The van der Waals surface area contributed by atoms with Gasteiger partial charge in [-0.2, -0.15) is 0 Å². The van der Waals surface area contributed by atoms with Gasteiger partial charge in [-0.15, -0.1) is 0 Å². The second-order valence-electron chi connectivity index (χ2n) is 4.19. The van der Waals surface area contributed by atoms with Crippen molar-refractivity contribution in [2.45, 2.75) is 12.8 Å². The van der Waals surface area contributed by atoms with E-state index >= 15 is 0 Å². The zero-order valence-corrected chi connectivity index (χ0v) is 9.08. The number of benzene rings is 1. The fourth-order valence-corrected chi connectivity index (χ4v) is 2.16. The van der Waals surface area contributed by atoms with Gasteiger partial charge in [0.05, 0.1) is 0 Å². The van der Waals surface area contributed by atoms with Crippen molar-refractivity contribution in [1.29, 1.82) is 0 Å². The van der Waals surface area contributed by atoms with Crippen LogP contribution in [-0.4, -0.2) is 25.7 Å². The third kappa shape index (κ3) is 1.33. The summed E-state index contributed by atoms with van der Waals surface area (Å²) in [6.45, 7) is 3.90. The van der Waals surface area contributed by atoms with E-state index in [0.29, 0.717) is 37.0 Å². The second kappa shape index (κ2) is 3.40. The zero-order valence-electron chi connectivity index (χ0n) is 9.08. The van der Waals surface area contributed by atoms with Crippen LogP contribution in [0.1, 0.15) is 28.8 Å². The number of ether oxygens (including phenoxy) is 2. The predicted molar refractivity (Wildman–Crippen MR) is 58.2 cm³/mol. The van der Waals surface area contributed by atoms with Gasteiger partial charge in [0.1, 0.15) is 13.2 Å². The third-order valence-electron chi connectivity index (χ3n) is 3.06. The summed E-state index contributed by atoms with van der Waals surface area (Å²) in [5.41, 5.74) is 1.76. The summed E-state index contributed by atoms with van der Waals surface area (Å²) >= 11 is 0. The minimum atomic E-state index is -0.0231. The Morgan fingerprint density at radius 1 is 1.25 bits per heavy atom. The quantitative estimate of drug-likeness (QED) is 0.715. The fourth-order valence-electron chi connectivity index (χ4n) is 2.16. The molecule has 0 saturated carbocycles. The topological polar surface area (TPSA) is 47.6 Å². The van der Waals surface area contributed by atoms with E-state index in [1.165, 1.54) is 0 Å². The number of carbonyl (C=O) groups is 1. The Kier molecular flexibility index (Phi) is 2.02. The molecule has 0 fully saturated rings. The highest BCUT2D eigenvalue weighted by atomic mass is 16.6. The lowest BCUT2D eigenvalue weighted by Gasteiger charge is -2.26. The molecule has 1 aromatic rings. The summed E-state index contributed by atoms with van der Waals surface area (Å²) in [6, 6.07) is 3.72. The van der Waals surface area contributed by atoms with E-state index in [4.69, 9.17) is 9.47 Å². The van der Waals surface area contributed by atoms with Gasteiger partial charge >= 0.3 is 0 Å². The molecule has 1 unspecified atom stereocenters. The number of nitrogens with one attached hydrogen (secondary N) is 1. The summed E-state index contributed by atoms with van der Waals surface area (Å²) in [5.74, 6) is 1.73. The normalized spacial score (nSPS) is 22.3. The Bertz CT molecular complexity index is 456. The second-order valence-corrected chi connectivity index (χ2v) is 4.19. The summed E-state index contributed by atoms with van der Waals surface area (Å²) < 4.78 is 11.0. The first kappa shape index (κ1) is 9.51. The van der Waals surface area contributed by atoms with Crippen molar-refractivity contribution in [3.8, 4) is 11.5 Å². The summed E-state index contributed by atoms with van der Waals surface area (Å²) in [5, 5.41) is 2.86. The van der Waals surface area contributed by atoms with E-state index in [9.17, 15) is 4.79 Å². The average molecular weight is 219 g/mol. The molecular weight excluding hydrogens is 206 g/mol. The maximum atomic E-state index is 11.7. The van der Waals surface area contributed by atoms with Crippen LogP contribution in [0.2, 0.25) is 0 Å². The lowest BCUT2D eigenvalue weighted by atomic mass is 9.91. The average Bonchev–Trinajstić information content (AvgIpc) is 2.32. The van der Waals surface area contributed by atoms with Crippen LogP contribution in [-0.2, 0) is 0 Å². The molecule has 2 heterocycles. The van der Waals surface area contributed by atoms with Crippen LogP contribution in [0, 0.1) is 0 Å². The van der Waals surface area contributed by atoms with Gasteiger partial charge in [0, 0.05) is 12.1 Å². The SMILES string of the molecule is CC1CNC(=O)c2cc3c(cc21)OCCO3. The summed E-state index contributed by atoms with van der Waals surface area (Å²) in [7, 11) is 0. The van der Waals surface area contributed by atoms with Crippen LogP contribution in [0.15, 0.2) is 12.1 Å². The Balaban J connectivity index is 2.15. The lowest BCUT2D eigenvalue weighted by Crippen LogP contribution is -2.34. The van der Waals surface area contributed by atoms with Crippen LogP contribution in [0.25, 0.3) is 0 Å². The molecule has 4 heteroatoms. The molecule has 0 saturated heterocycles. The molecule has 0 aliphatic carbocycles. The van der Waals surface area contributed by atoms with Gasteiger partial charge in [-0.05, 0) is 23.6 Å². The first-order valence-corrected chi connectivity index (χ1v) is 5.47. The molecule has 1 amide bonds. The Morgan fingerprint density at radius 3 is 2.69 bits per heavy atom. The molecule has 2 aliphatic rings. The largest absolute Gasteiger partial charge is 0.486 e. The summed E-state index contributed by atoms with van der Waals surface area (Å²) in [4.78, 5) is 11.7. The van der Waals surface area contributed by atoms with E-state index in [-0.39, 0.29) is 5.91 Å². The van der Waals surface area contributed by atoms with E-state index < -0.39 is 0 Å². The van der Waals surface area contributed by atoms with E-state index in [1.807, 2.05) is 6.07 Å². The van der Waals surface area contributed by atoms with Crippen molar-refractivity contribution >= 4 is 5.91 Å².